The van der Waals surface area contributed by atoms with E-state index in [0.29, 0.717) is 60.8 Å². The van der Waals surface area contributed by atoms with Crippen LogP contribution in [-0.2, 0) is 17.9 Å². The second-order valence-corrected chi connectivity index (χ2v) is 8.95. The minimum absolute atomic E-state index is 0.175. The third-order valence-corrected chi connectivity index (χ3v) is 6.53. The van der Waals surface area contributed by atoms with Gasteiger partial charge in [0.1, 0.15) is 12.4 Å². The van der Waals surface area contributed by atoms with Gasteiger partial charge in [-0.3, -0.25) is 14.2 Å². The maximum absolute atomic E-state index is 14.1. The van der Waals surface area contributed by atoms with Gasteiger partial charge in [-0.15, -0.1) is 5.10 Å². The minimum atomic E-state index is -0.518. The Labute approximate surface area is 204 Å². The Morgan fingerprint density at radius 2 is 1.83 bits per heavy atom. The van der Waals surface area contributed by atoms with Gasteiger partial charge in [0.25, 0.3) is 5.56 Å². The molecule has 1 fully saturated rings. The van der Waals surface area contributed by atoms with E-state index in [1.807, 2.05) is 11.8 Å². The second kappa shape index (κ2) is 9.18. The highest BCUT2D eigenvalue weighted by Crippen LogP contribution is 2.20. The third-order valence-electron chi connectivity index (χ3n) is 6.30. The van der Waals surface area contributed by atoms with Crippen LogP contribution in [0.5, 0.6) is 0 Å². The lowest BCUT2D eigenvalue weighted by Gasteiger charge is -2.36. The molecule has 0 unspecified atom stereocenters. The van der Waals surface area contributed by atoms with Crippen LogP contribution < -0.4 is 16.1 Å². The van der Waals surface area contributed by atoms with Crippen molar-refractivity contribution in [3.05, 3.63) is 74.1 Å². The molecule has 0 radical (unpaired) electrons. The van der Waals surface area contributed by atoms with Crippen LogP contribution in [0.1, 0.15) is 13.3 Å². The normalized spacial score (nSPS) is 14.3. The average Bonchev–Trinajstić information content (AvgIpc) is 3.17. The van der Waals surface area contributed by atoms with E-state index in [1.54, 1.807) is 41.3 Å². The van der Waals surface area contributed by atoms with Gasteiger partial charge in [0.05, 0.1) is 16.6 Å². The summed E-state index contributed by atoms with van der Waals surface area (Å²) in [6, 6.07) is 11.3. The number of hydrogen-bond acceptors (Lipinski definition) is 5. The topological polar surface area (TPSA) is 84.8 Å². The number of benzene rings is 2. The monoisotopic (exact) mass is 498 g/mol. The van der Waals surface area contributed by atoms with E-state index in [-0.39, 0.29) is 29.6 Å². The number of para-hydroxylation sites is 1. The van der Waals surface area contributed by atoms with Gasteiger partial charge >= 0.3 is 5.69 Å². The van der Waals surface area contributed by atoms with E-state index in [4.69, 9.17) is 11.6 Å². The third kappa shape index (κ3) is 4.07. The van der Waals surface area contributed by atoms with Crippen LogP contribution in [0.25, 0.3) is 16.7 Å². The van der Waals surface area contributed by atoms with Crippen LogP contribution in [0.4, 0.5) is 10.1 Å². The lowest BCUT2D eigenvalue weighted by atomic mass is 10.2. The first kappa shape index (κ1) is 23.1. The second-order valence-electron chi connectivity index (χ2n) is 8.51. The van der Waals surface area contributed by atoms with E-state index in [1.165, 1.54) is 15.0 Å². The van der Waals surface area contributed by atoms with Gasteiger partial charge in [-0.05, 0) is 36.8 Å². The number of aromatic nitrogens is 4. The van der Waals surface area contributed by atoms with Gasteiger partial charge < -0.3 is 9.80 Å². The SMILES string of the molecule is CCCn1c(=O)c2ccc(Cl)cc2n2c(=O)n(CC(=O)N3CCN(c4ccccc4F)CC3)nc12. The summed E-state index contributed by atoms with van der Waals surface area (Å²) < 4.78 is 18.0. The van der Waals surface area contributed by atoms with Crippen molar-refractivity contribution in [1.29, 1.82) is 0 Å². The van der Waals surface area contributed by atoms with Crippen LogP contribution >= 0.6 is 11.6 Å². The molecule has 0 bridgehead atoms. The molecule has 11 heteroatoms. The number of fused-ring (bicyclic) bond motifs is 3. The molecule has 0 saturated carbocycles. The summed E-state index contributed by atoms with van der Waals surface area (Å²) in [6.07, 6.45) is 0.668. The van der Waals surface area contributed by atoms with Gasteiger partial charge in [-0.2, -0.15) is 0 Å². The molecule has 0 spiro atoms. The zero-order valence-corrected chi connectivity index (χ0v) is 19.9. The van der Waals surface area contributed by atoms with Crippen molar-refractivity contribution in [2.45, 2.75) is 26.4 Å². The van der Waals surface area contributed by atoms with Gasteiger partial charge in [-0.1, -0.05) is 30.7 Å². The van der Waals surface area contributed by atoms with Crippen LogP contribution in [0, 0.1) is 5.82 Å². The first-order valence-electron chi connectivity index (χ1n) is 11.5. The Kier molecular flexibility index (Phi) is 6.06. The summed E-state index contributed by atoms with van der Waals surface area (Å²) in [5.41, 5.74) is 0.0804. The fraction of sp³-hybridized carbons (Fsp3) is 0.333. The molecule has 9 nitrogen and oxygen atoms in total. The molecule has 3 heterocycles. The Morgan fingerprint density at radius 3 is 2.54 bits per heavy atom. The molecular weight excluding hydrogens is 475 g/mol. The molecule has 2 aromatic heterocycles. The Morgan fingerprint density at radius 1 is 1.09 bits per heavy atom. The quantitative estimate of drug-likeness (QED) is 0.422. The standard InChI is InChI=1S/C24H24ClFN6O3/c1-2-9-30-22(34)17-8-7-16(25)14-20(17)32-23(30)27-31(24(32)35)15-21(33)29-12-10-28(11-13-29)19-6-4-3-5-18(19)26/h3-8,14H,2,9-13,15H2,1H3. The molecular formula is C24H24ClFN6O3. The van der Waals surface area contributed by atoms with Crippen molar-refractivity contribution in [3.8, 4) is 0 Å². The van der Waals surface area contributed by atoms with Crippen molar-refractivity contribution in [2.24, 2.45) is 0 Å². The van der Waals surface area contributed by atoms with Gasteiger partial charge in [0, 0.05) is 37.7 Å². The molecule has 0 N–H and O–H groups in total. The fourth-order valence-electron chi connectivity index (χ4n) is 4.55. The van der Waals surface area contributed by atoms with E-state index < -0.39 is 5.69 Å². The number of aryl methyl sites for hydroxylation is 1. The van der Waals surface area contributed by atoms with Crippen LogP contribution in [0.3, 0.4) is 0 Å². The molecule has 2 aromatic carbocycles. The number of halogens is 2. The molecule has 182 valence electrons. The van der Waals surface area contributed by atoms with E-state index >= 15 is 0 Å². The van der Waals surface area contributed by atoms with Gasteiger partial charge in [0.2, 0.25) is 11.7 Å². The lowest BCUT2D eigenvalue weighted by Crippen LogP contribution is -2.50. The summed E-state index contributed by atoms with van der Waals surface area (Å²) in [7, 11) is 0. The lowest BCUT2D eigenvalue weighted by molar-refractivity contribution is -0.132. The predicted octanol–water partition coefficient (Wildman–Crippen LogP) is 2.36. The predicted molar refractivity (Wildman–Crippen MR) is 132 cm³/mol. The maximum atomic E-state index is 14.1. The molecule has 0 aliphatic carbocycles. The molecule has 4 aromatic rings. The summed E-state index contributed by atoms with van der Waals surface area (Å²) in [5.74, 6) is -0.391. The summed E-state index contributed by atoms with van der Waals surface area (Å²) in [6.45, 7) is 3.79. The van der Waals surface area contributed by atoms with E-state index in [0.717, 1.165) is 4.68 Å². The number of carbonyl (C=O) groups excluding carboxylic acids is 1. The Balaban J connectivity index is 1.44. The zero-order valence-electron chi connectivity index (χ0n) is 19.2. The molecule has 5 rings (SSSR count). The number of carbonyl (C=O) groups is 1. The Bertz CT molecular complexity index is 1550. The number of piperazine rings is 1. The van der Waals surface area contributed by atoms with Crippen LogP contribution in [-0.4, -0.2) is 55.7 Å². The number of hydrogen-bond donors (Lipinski definition) is 0. The number of amides is 1. The van der Waals surface area contributed by atoms with Crippen molar-refractivity contribution in [2.75, 3.05) is 31.1 Å². The highest BCUT2D eigenvalue weighted by Gasteiger charge is 2.25. The maximum Gasteiger partial charge on any atom is 0.352 e. The number of anilines is 1. The van der Waals surface area contributed by atoms with Crippen molar-refractivity contribution >= 4 is 39.9 Å². The van der Waals surface area contributed by atoms with Gasteiger partial charge in [0.15, 0.2) is 0 Å². The Hall–Kier alpha value is -3.66. The van der Waals surface area contributed by atoms with Crippen molar-refractivity contribution in [3.63, 3.8) is 0 Å². The molecule has 35 heavy (non-hydrogen) atoms. The molecule has 1 saturated heterocycles. The molecule has 0 atom stereocenters. The van der Waals surface area contributed by atoms with Crippen molar-refractivity contribution in [1.82, 2.24) is 23.6 Å². The van der Waals surface area contributed by atoms with Crippen LogP contribution in [0.2, 0.25) is 5.02 Å². The van der Waals surface area contributed by atoms with Crippen LogP contribution in [0.15, 0.2) is 52.1 Å². The van der Waals surface area contributed by atoms with Crippen molar-refractivity contribution < 1.29 is 9.18 Å². The average molecular weight is 499 g/mol. The zero-order chi connectivity index (χ0) is 24.7. The highest BCUT2D eigenvalue weighted by atomic mass is 35.5. The van der Waals surface area contributed by atoms with E-state index in [9.17, 15) is 18.8 Å². The van der Waals surface area contributed by atoms with E-state index in [2.05, 4.69) is 5.10 Å². The fourth-order valence-corrected chi connectivity index (χ4v) is 4.72. The number of nitrogens with zero attached hydrogens (tertiary/aromatic N) is 6. The summed E-state index contributed by atoms with van der Waals surface area (Å²) >= 11 is 6.14. The molecule has 1 aliphatic heterocycles. The summed E-state index contributed by atoms with van der Waals surface area (Å²) in [5, 5.41) is 5.10. The highest BCUT2D eigenvalue weighted by molar-refractivity contribution is 6.31. The molecule has 1 amide bonds. The smallest absolute Gasteiger partial charge is 0.352 e. The first-order chi connectivity index (χ1) is 16.9. The molecule has 1 aliphatic rings. The first-order valence-corrected chi connectivity index (χ1v) is 11.9. The largest absolute Gasteiger partial charge is 0.366 e. The summed E-state index contributed by atoms with van der Waals surface area (Å²) in [4.78, 5) is 42.9. The number of rotatable bonds is 5. The van der Waals surface area contributed by atoms with Gasteiger partial charge in [-0.25, -0.2) is 18.3 Å². The minimum Gasteiger partial charge on any atom is -0.366 e.